The molecule has 0 fully saturated rings. The highest BCUT2D eigenvalue weighted by Crippen LogP contribution is 2.06. The Kier molecular flexibility index (Phi) is 10.7. The van der Waals surface area contributed by atoms with Gasteiger partial charge < -0.3 is 5.32 Å². The number of sulfonamides is 1. The van der Waals surface area contributed by atoms with Gasteiger partial charge in [0, 0.05) is 12.6 Å². The van der Waals surface area contributed by atoms with Gasteiger partial charge in [0.25, 0.3) is 0 Å². The second-order valence-corrected chi connectivity index (χ2v) is 6.81. The van der Waals surface area contributed by atoms with Gasteiger partial charge >= 0.3 is 0 Å². The predicted octanol–water partition coefficient (Wildman–Crippen LogP) is 2.26. The molecule has 0 aliphatic rings. The first-order valence-electron chi connectivity index (χ1n) is 7.22. The molecule has 0 aliphatic heterocycles. The van der Waals surface area contributed by atoms with Gasteiger partial charge in [-0.15, -0.1) is 0 Å². The Labute approximate surface area is 113 Å². The van der Waals surface area contributed by atoms with Gasteiger partial charge in [-0.2, -0.15) is 0 Å². The van der Waals surface area contributed by atoms with Crippen LogP contribution in [0, 0.1) is 0 Å². The third-order valence-corrected chi connectivity index (χ3v) is 4.35. The SMILES string of the molecule is CCCCCCC(C)NS(=O)(=O)CCNCCC. The van der Waals surface area contributed by atoms with Gasteiger partial charge in [0.2, 0.25) is 10.0 Å². The van der Waals surface area contributed by atoms with E-state index < -0.39 is 10.0 Å². The molecule has 0 saturated carbocycles. The molecule has 0 amide bonds. The van der Waals surface area contributed by atoms with Crippen LogP contribution in [-0.2, 0) is 10.0 Å². The van der Waals surface area contributed by atoms with E-state index in [0.717, 1.165) is 25.8 Å². The van der Waals surface area contributed by atoms with E-state index in [1.165, 1.54) is 19.3 Å². The van der Waals surface area contributed by atoms with Crippen molar-refractivity contribution in [1.82, 2.24) is 10.0 Å². The highest BCUT2D eigenvalue weighted by Gasteiger charge is 2.13. The van der Waals surface area contributed by atoms with Crippen LogP contribution >= 0.6 is 0 Å². The third kappa shape index (κ3) is 11.0. The van der Waals surface area contributed by atoms with Crippen LogP contribution in [0.2, 0.25) is 0 Å². The Morgan fingerprint density at radius 2 is 1.72 bits per heavy atom. The molecule has 18 heavy (non-hydrogen) atoms. The van der Waals surface area contributed by atoms with Gasteiger partial charge in [0.15, 0.2) is 0 Å². The van der Waals surface area contributed by atoms with Crippen LogP contribution in [0.5, 0.6) is 0 Å². The zero-order valence-electron chi connectivity index (χ0n) is 12.2. The minimum Gasteiger partial charge on any atom is -0.316 e. The van der Waals surface area contributed by atoms with Crippen LogP contribution < -0.4 is 10.0 Å². The van der Waals surface area contributed by atoms with Gasteiger partial charge in [-0.25, -0.2) is 13.1 Å². The number of unbranched alkanes of at least 4 members (excludes halogenated alkanes) is 3. The fourth-order valence-corrected chi connectivity index (χ4v) is 3.07. The lowest BCUT2D eigenvalue weighted by Gasteiger charge is -2.14. The number of nitrogens with one attached hydrogen (secondary N) is 2. The summed E-state index contributed by atoms with van der Waals surface area (Å²) in [5.41, 5.74) is 0. The summed E-state index contributed by atoms with van der Waals surface area (Å²) in [4.78, 5) is 0. The summed E-state index contributed by atoms with van der Waals surface area (Å²) in [6, 6.07) is 0.0537. The van der Waals surface area contributed by atoms with Crippen molar-refractivity contribution in [3.8, 4) is 0 Å². The number of hydrogen-bond donors (Lipinski definition) is 2. The number of hydrogen-bond acceptors (Lipinski definition) is 3. The van der Waals surface area contributed by atoms with Crippen molar-refractivity contribution in [2.24, 2.45) is 0 Å². The van der Waals surface area contributed by atoms with E-state index in [-0.39, 0.29) is 11.8 Å². The lowest BCUT2D eigenvalue weighted by molar-refractivity contribution is 0.520. The third-order valence-electron chi connectivity index (χ3n) is 2.85. The summed E-state index contributed by atoms with van der Waals surface area (Å²) < 4.78 is 26.2. The molecule has 0 aromatic carbocycles. The van der Waals surface area contributed by atoms with Gasteiger partial charge in [-0.3, -0.25) is 0 Å². The molecule has 0 aromatic rings. The second kappa shape index (κ2) is 10.8. The molecule has 0 heterocycles. The summed E-state index contributed by atoms with van der Waals surface area (Å²) in [6.07, 6.45) is 6.71. The van der Waals surface area contributed by atoms with Crippen molar-refractivity contribution >= 4 is 10.0 Å². The molecule has 1 atom stereocenters. The van der Waals surface area contributed by atoms with E-state index in [0.29, 0.717) is 6.54 Å². The Hall–Kier alpha value is -0.130. The maximum atomic E-state index is 11.7. The summed E-state index contributed by atoms with van der Waals surface area (Å²) in [5.74, 6) is 0.173. The minimum absolute atomic E-state index is 0.0537. The Morgan fingerprint density at radius 1 is 1.00 bits per heavy atom. The van der Waals surface area contributed by atoms with Gasteiger partial charge in [-0.05, 0) is 26.3 Å². The van der Waals surface area contributed by atoms with Crippen molar-refractivity contribution < 1.29 is 8.42 Å². The Bertz CT molecular complexity index is 279. The highest BCUT2D eigenvalue weighted by atomic mass is 32.2. The van der Waals surface area contributed by atoms with E-state index in [1.54, 1.807) is 0 Å². The minimum atomic E-state index is -3.12. The topological polar surface area (TPSA) is 58.2 Å². The van der Waals surface area contributed by atoms with Crippen molar-refractivity contribution in [3.05, 3.63) is 0 Å². The van der Waals surface area contributed by atoms with Crippen LogP contribution in [0.3, 0.4) is 0 Å². The quantitative estimate of drug-likeness (QED) is 0.538. The lowest BCUT2D eigenvalue weighted by atomic mass is 10.1. The van der Waals surface area contributed by atoms with Crippen LogP contribution in [-0.4, -0.2) is 33.3 Å². The van der Waals surface area contributed by atoms with E-state index in [9.17, 15) is 8.42 Å². The van der Waals surface area contributed by atoms with Crippen molar-refractivity contribution in [3.63, 3.8) is 0 Å². The molecule has 0 spiro atoms. The molecule has 0 rings (SSSR count). The predicted molar refractivity (Wildman–Crippen MR) is 78.3 cm³/mol. The Balaban J connectivity index is 3.71. The smallest absolute Gasteiger partial charge is 0.213 e. The molecule has 110 valence electrons. The first kappa shape index (κ1) is 17.9. The molecule has 0 aromatic heterocycles. The zero-order valence-corrected chi connectivity index (χ0v) is 13.0. The maximum Gasteiger partial charge on any atom is 0.213 e. The molecular formula is C13H30N2O2S. The van der Waals surface area contributed by atoms with E-state index in [2.05, 4.69) is 23.9 Å². The number of rotatable bonds is 12. The monoisotopic (exact) mass is 278 g/mol. The summed E-state index contributed by atoms with van der Waals surface area (Å²) in [7, 11) is -3.12. The fraction of sp³-hybridized carbons (Fsp3) is 1.00. The summed E-state index contributed by atoms with van der Waals surface area (Å²) in [5, 5.41) is 3.11. The van der Waals surface area contributed by atoms with Crippen LogP contribution in [0.25, 0.3) is 0 Å². The van der Waals surface area contributed by atoms with Gasteiger partial charge in [-0.1, -0.05) is 39.5 Å². The molecule has 0 saturated heterocycles. The molecule has 0 aliphatic carbocycles. The molecule has 0 radical (unpaired) electrons. The standard InChI is InChI=1S/C13H30N2O2S/c1-4-6-7-8-9-13(3)15-18(16,17)12-11-14-10-5-2/h13-15H,4-12H2,1-3H3. The molecule has 0 bridgehead atoms. The fourth-order valence-electron chi connectivity index (χ4n) is 1.81. The maximum absolute atomic E-state index is 11.7. The zero-order chi connectivity index (χ0) is 13.9. The Morgan fingerprint density at radius 3 is 2.33 bits per heavy atom. The van der Waals surface area contributed by atoms with Crippen molar-refractivity contribution in [2.45, 2.75) is 65.3 Å². The molecular weight excluding hydrogens is 248 g/mol. The van der Waals surface area contributed by atoms with E-state index >= 15 is 0 Å². The average molecular weight is 278 g/mol. The van der Waals surface area contributed by atoms with Crippen LogP contribution in [0.15, 0.2) is 0 Å². The first-order chi connectivity index (χ1) is 8.52. The van der Waals surface area contributed by atoms with Crippen LogP contribution in [0.4, 0.5) is 0 Å². The van der Waals surface area contributed by atoms with Crippen molar-refractivity contribution in [1.29, 1.82) is 0 Å². The highest BCUT2D eigenvalue weighted by molar-refractivity contribution is 7.89. The first-order valence-corrected chi connectivity index (χ1v) is 8.87. The van der Waals surface area contributed by atoms with Crippen LogP contribution in [0.1, 0.15) is 59.3 Å². The van der Waals surface area contributed by atoms with Gasteiger partial charge in [0.05, 0.1) is 5.75 Å². The second-order valence-electron chi connectivity index (χ2n) is 4.94. The normalized spacial score (nSPS) is 13.7. The van der Waals surface area contributed by atoms with E-state index in [4.69, 9.17) is 0 Å². The average Bonchev–Trinajstić information content (AvgIpc) is 2.30. The lowest BCUT2D eigenvalue weighted by Crippen LogP contribution is -2.37. The summed E-state index contributed by atoms with van der Waals surface area (Å²) in [6.45, 7) is 7.60. The molecule has 1 unspecified atom stereocenters. The largest absolute Gasteiger partial charge is 0.316 e. The van der Waals surface area contributed by atoms with Crippen molar-refractivity contribution in [2.75, 3.05) is 18.8 Å². The molecule has 2 N–H and O–H groups in total. The van der Waals surface area contributed by atoms with E-state index in [1.807, 2.05) is 6.92 Å². The summed E-state index contributed by atoms with van der Waals surface area (Å²) >= 11 is 0. The molecule has 5 heteroatoms. The van der Waals surface area contributed by atoms with Gasteiger partial charge in [0.1, 0.15) is 0 Å². The molecule has 4 nitrogen and oxygen atoms in total.